The predicted octanol–water partition coefficient (Wildman–Crippen LogP) is 2.54. The first kappa shape index (κ1) is 15.4. The molecule has 4 rings (SSSR count). The van der Waals surface area contributed by atoms with E-state index in [-0.39, 0.29) is 18.0 Å². The topological polar surface area (TPSA) is 39.3 Å². The quantitative estimate of drug-likeness (QED) is 0.878. The maximum Gasteiger partial charge on any atom is 0.271 e. The highest BCUT2D eigenvalue weighted by Crippen LogP contribution is 2.25. The summed E-state index contributed by atoms with van der Waals surface area (Å²) in [7, 11) is 0. The largest absolute Gasteiger partial charge is 0.364 e. The molecule has 0 spiro atoms. The Balaban J connectivity index is 0.00000144. The van der Waals surface area contributed by atoms with Crippen LogP contribution in [0.2, 0.25) is 0 Å². The van der Waals surface area contributed by atoms with Gasteiger partial charge < -0.3 is 9.88 Å². The van der Waals surface area contributed by atoms with Crippen LogP contribution in [0, 0.1) is 6.92 Å². The number of H-pyrrole nitrogens is 1. The van der Waals surface area contributed by atoms with Gasteiger partial charge in [0.25, 0.3) is 5.56 Å². The SMILES string of the molecule is Cc1cccc2cc(N3CCN4CCCC4C3)c(=O)[nH]c12.Cl. The van der Waals surface area contributed by atoms with Crippen molar-refractivity contribution in [2.45, 2.75) is 25.8 Å². The third kappa shape index (κ3) is 2.50. The number of aromatic amines is 1. The van der Waals surface area contributed by atoms with Crippen molar-refractivity contribution in [1.82, 2.24) is 9.88 Å². The number of benzene rings is 1. The van der Waals surface area contributed by atoms with Crippen molar-refractivity contribution in [2.75, 3.05) is 31.1 Å². The average Bonchev–Trinajstić information content (AvgIpc) is 2.95. The molecule has 1 N–H and O–H groups in total. The standard InChI is InChI=1S/C17H21N3O.ClH/c1-12-4-2-5-13-10-15(17(21)18-16(12)13)20-9-8-19-7-3-6-14(19)11-20;/h2,4-5,10,14H,3,6-9,11H2,1H3,(H,18,21);1H. The van der Waals surface area contributed by atoms with Crippen LogP contribution in [0.4, 0.5) is 5.69 Å². The summed E-state index contributed by atoms with van der Waals surface area (Å²) in [4.78, 5) is 20.4. The molecule has 0 saturated carbocycles. The number of pyridine rings is 1. The van der Waals surface area contributed by atoms with E-state index in [2.05, 4.69) is 33.0 Å². The molecule has 118 valence electrons. The number of hydrogen-bond donors (Lipinski definition) is 1. The highest BCUT2D eigenvalue weighted by atomic mass is 35.5. The fourth-order valence-electron chi connectivity index (χ4n) is 3.82. The summed E-state index contributed by atoms with van der Waals surface area (Å²) in [6.45, 7) is 6.29. The van der Waals surface area contributed by atoms with Crippen molar-refractivity contribution >= 4 is 29.0 Å². The van der Waals surface area contributed by atoms with E-state index in [1.54, 1.807) is 0 Å². The molecule has 22 heavy (non-hydrogen) atoms. The van der Waals surface area contributed by atoms with Gasteiger partial charge in [-0.15, -0.1) is 12.4 Å². The van der Waals surface area contributed by atoms with Crippen LogP contribution in [0.15, 0.2) is 29.1 Å². The average molecular weight is 320 g/mol. The highest BCUT2D eigenvalue weighted by molar-refractivity contribution is 5.85. The monoisotopic (exact) mass is 319 g/mol. The molecule has 2 fully saturated rings. The van der Waals surface area contributed by atoms with E-state index in [1.165, 1.54) is 19.4 Å². The van der Waals surface area contributed by atoms with Crippen molar-refractivity contribution in [3.63, 3.8) is 0 Å². The third-order valence-electron chi connectivity index (χ3n) is 5.00. The molecular formula is C17H22ClN3O. The van der Waals surface area contributed by atoms with Gasteiger partial charge in [-0.1, -0.05) is 18.2 Å². The number of rotatable bonds is 1. The second-order valence-corrected chi connectivity index (χ2v) is 6.30. The Morgan fingerprint density at radius 3 is 2.95 bits per heavy atom. The Kier molecular flexibility index (Phi) is 4.15. The molecule has 2 saturated heterocycles. The Labute approximate surface area is 136 Å². The molecule has 0 radical (unpaired) electrons. The van der Waals surface area contributed by atoms with Gasteiger partial charge in [-0.25, -0.2) is 0 Å². The first-order chi connectivity index (χ1) is 10.2. The highest BCUT2D eigenvalue weighted by Gasteiger charge is 2.31. The molecule has 2 aliphatic heterocycles. The summed E-state index contributed by atoms with van der Waals surface area (Å²) >= 11 is 0. The van der Waals surface area contributed by atoms with Gasteiger partial charge in [0.2, 0.25) is 0 Å². The van der Waals surface area contributed by atoms with E-state index in [9.17, 15) is 4.79 Å². The Morgan fingerprint density at radius 1 is 1.23 bits per heavy atom. The molecule has 4 nitrogen and oxygen atoms in total. The molecule has 1 unspecified atom stereocenters. The van der Waals surface area contributed by atoms with Crippen molar-refractivity contribution in [3.05, 3.63) is 40.2 Å². The molecule has 1 aromatic carbocycles. The van der Waals surface area contributed by atoms with Gasteiger partial charge >= 0.3 is 0 Å². The fraction of sp³-hybridized carbons (Fsp3) is 0.471. The number of hydrogen-bond acceptors (Lipinski definition) is 3. The molecule has 1 atom stereocenters. The Morgan fingerprint density at radius 2 is 2.09 bits per heavy atom. The lowest BCUT2D eigenvalue weighted by atomic mass is 10.1. The smallest absolute Gasteiger partial charge is 0.271 e. The van der Waals surface area contributed by atoms with Crippen molar-refractivity contribution in [2.24, 2.45) is 0 Å². The predicted molar refractivity (Wildman–Crippen MR) is 93.4 cm³/mol. The van der Waals surface area contributed by atoms with Crippen LogP contribution in [0.5, 0.6) is 0 Å². The maximum absolute atomic E-state index is 12.5. The number of piperazine rings is 1. The first-order valence-electron chi connectivity index (χ1n) is 7.84. The minimum atomic E-state index is 0. The number of aromatic nitrogens is 1. The van der Waals surface area contributed by atoms with Crippen LogP contribution in [0.25, 0.3) is 10.9 Å². The third-order valence-corrected chi connectivity index (χ3v) is 5.00. The molecule has 5 heteroatoms. The zero-order valence-corrected chi connectivity index (χ0v) is 13.7. The lowest BCUT2D eigenvalue weighted by Crippen LogP contribution is -2.51. The number of anilines is 1. The second-order valence-electron chi connectivity index (χ2n) is 6.30. The molecule has 1 aromatic heterocycles. The van der Waals surface area contributed by atoms with Crippen LogP contribution in [0.1, 0.15) is 18.4 Å². The number of halogens is 1. The number of aryl methyl sites for hydroxylation is 1. The summed E-state index contributed by atoms with van der Waals surface area (Å²) in [6.07, 6.45) is 2.56. The number of para-hydroxylation sites is 1. The zero-order valence-electron chi connectivity index (χ0n) is 12.8. The lowest BCUT2D eigenvalue weighted by molar-refractivity contribution is 0.231. The molecule has 0 amide bonds. The maximum atomic E-state index is 12.5. The molecule has 0 bridgehead atoms. The van der Waals surface area contributed by atoms with Crippen LogP contribution >= 0.6 is 12.4 Å². The van der Waals surface area contributed by atoms with E-state index >= 15 is 0 Å². The first-order valence-corrected chi connectivity index (χ1v) is 7.84. The summed E-state index contributed by atoms with van der Waals surface area (Å²) in [5.41, 5.74) is 2.96. The van der Waals surface area contributed by atoms with Crippen molar-refractivity contribution in [1.29, 1.82) is 0 Å². The summed E-state index contributed by atoms with van der Waals surface area (Å²) < 4.78 is 0. The Hall–Kier alpha value is -1.52. The molecular weight excluding hydrogens is 298 g/mol. The van der Waals surface area contributed by atoms with Gasteiger partial charge in [-0.2, -0.15) is 0 Å². The number of nitrogens with one attached hydrogen (secondary N) is 1. The van der Waals surface area contributed by atoms with Crippen molar-refractivity contribution < 1.29 is 0 Å². The lowest BCUT2D eigenvalue weighted by Gasteiger charge is -2.38. The van der Waals surface area contributed by atoms with Crippen LogP contribution in [-0.2, 0) is 0 Å². The zero-order chi connectivity index (χ0) is 14.4. The molecule has 2 aromatic rings. The van der Waals surface area contributed by atoms with Gasteiger partial charge in [0.1, 0.15) is 5.69 Å². The second kappa shape index (κ2) is 5.94. The van der Waals surface area contributed by atoms with E-state index in [0.29, 0.717) is 6.04 Å². The van der Waals surface area contributed by atoms with Crippen LogP contribution < -0.4 is 10.5 Å². The molecule has 3 heterocycles. The number of nitrogens with zero attached hydrogens (tertiary/aromatic N) is 2. The van der Waals surface area contributed by atoms with Gasteiger partial charge in [-0.3, -0.25) is 9.69 Å². The van der Waals surface area contributed by atoms with E-state index in [0.717, 1.165) is 41.8 Å². The van der Waals surface area contributed by atoms with Gasteiger partial charge in [0.15, 0.2) is 0 Å². The van der Waals surface area contributed by atoms with E-state index < -0.39 is 0 Å². The minimum absolute atomic E-state index is 0. The van der Waals surface area contributed by atoms with Gasteiger partial charge in [-0.05, 0) is 37.9 Å². The minimum Gasteiger partial charge on any atom is -0.364 e. The summed E-state index contributed by atoms with van der Waals surface area (Å²) in [5.74, 6) is 0. The number of fused-ring (bicyclic) bond motifs is 2. The van der Waals surface area contributed by atoms with E-state index in [1.807, 2.05) is 13.0 Å². The van der Waals surface area contributed by atoms with Gasteiger partial charge in [0, 0.05) is 31.1 Å². The fourth-order valence-corrected chi connectivity index (χ4v) is 3.82. The summed E-state index contributed by atoms with van der Waals surface area (Å²) in [5, 5.41) is 1.12. The summed E-state index contributed by atoms with van der Waals surface area (Å²) in [6, 6.07) is 8.86. The van der Waals surface area contributed by atoms with Gasteiger partial charge in [0.05, 0.1) is 5.52 Å². The van der Waals surface area contributed by atoms with Crippen molar-refractivity contribution in [3.8, 4) is 0 Å². The molecule has 0 aliphatic carbocycles. The molecule has 2 aliphatic rings. The normalized spacial score (nSPS) is 21.7. The van der Waals surface area contributed by atoms with Crippen LogP contribution in [0.3, 0.4) is 0 Å². The van der Waals surface area contributed by atoms with E-state index in [4.69, 9.17) is 0 Å². The Bertz CT molecular complexity index is 742. The van der Waals surface area contributed by atoms with Crippen LogP contribution in [-0.4, -0.2) is 42.1 Å².